The van der Waals surface area contributed by atoms with Gasteiger partial charge in [0, 0.05) is 19.5 Å². The second kappa shape index (κ2) is 5.53. The molecule has 0 aromatic heterocycles. The Morgan fingerprint density at radius 3 is 2.88 bits per heavy atom. The summed E-state index contributed by atoms with van der Waals surface area (Å²) in [5.74, 6) is 0.498. The van der Waals surface area contributed by atoms with Crippen molar-refractivity contribution in [3.8, 4) is 0 Å². The third-order valence-corrected chi connectivity index (χ3v) is 3.73. The van der Waals surface area contributed by atoms with Gasteiger partial charge in [0.15, 0.2) is 5.17 Å². The summed E-state index contributed by atoms with van der Waals surface area (Å²) in [6, 6.07) is 0.0214. The summed E-state index contributed by atoms with van der Waals surface area (Å²) in [4.78, 5) is 29.3. The van der Waals surface area contributed by atoms with Gasteiger partial charge in [0.25, 0.3) is 0 Å². The number of rotatable bonds is 2. The minimum atomic E-state index is -0.0105. The number of thioether (sulfide) groups is 1. The van der Waals surface area contributed by atoms with E-state index < -0.39 is 0 Å². The SMILES string of the molecule is C[C@H]1CC(=O)NC(SCC(=O)N2CCCC2)=N1. The van der Waals surface area contributed by atoms with Crippen LogP contribution in [-0.2, 0) is 9.59 Å². The van der Waals surface area contributed by atoms with Crippen molar-refractivity contribution in [1.29, 1.82) is 0 Å². The van der Waals surface area contributed by atoms with Gasteiger partial charge in [-0.3, -0.25) is 14.6 Å². The van der Waals surface area contributed by atoms with Gasteiger partial charge in [-0.15, -0.1) is 0 Å². The first-order valence-electron chi connectivity index (χ1n) is 5.93. The largest absolute Gasteiger partial charge is 0.342 e. The van der Waals surface area contributed by atoms with Crippen LogP contribution in [-0.4, -0.2) is 46.8 Å². The van der Waals surface area contributed by atoms with Gasteiger partial charge in [0.05, 0.1) is 11.8 Å². The monoisotopic (exact) mass is 255 g/mol. The zero-order valence-corrected chi connectivity index (χ0v) is 10.8. The molecule has 5 nitrogen and oxygen atoms in total. The van der Waals surface area contributed by atoms with E-state index in [1.807, 2.05) is 11.8 Å². The maximum Gasteiger partial charge on any atom is 0.233 e. The van der Waals surface area contributed by atoms with E-state index in [1.54, 1.807) is 0 Å². The van der Waals surface area contributed by atoms with Crippen molar-refractivity contribution in [1.82, 2.24) is 10.2 Å². The Hall–Kier alpha value is -1.04. The van der Waals surface area contributed by atoms with Gasteiger partial charge in [0.2, 0.25) is 11.8 Å². The number of aliphatic imine (C=N–C) groups is 1. The highest BCUT2D eigenvalue weighted by atomic mass is 32.2. The molecular weight excluding hydrogens is 238 g/mol. The summed E-state index contributed by atoms with van der Waals surface area (Å²) >= 11 is 1.33. The van der Waals surface area contributed by atoms with Crippen molar-refractivity contribution >= 4 is 28.7 Å². The molecule has 1 saturated heterocycles. The first-order chi connectivity index (χ1) is 8.15. The van der Waals surface area contributed by atoms with Gasteiger partial charge in [0.1, 0.15) is 0 Å². The predicted octanol–water partition coefficient (Wildman–Crippen LogP) is 0.606. The highest BCUT2D eigenvalue weighted by Crippen LogP contribution is 2.14. The molecule has 1 fully saturated rings. The van der Waals surface area contributed by atoms with Gasteiger partial charge in [-0.05, 0) is 19.8 Å². The maximum atomic E-state index is 11.8. The Morgan fingerprint density at radius 2 is 2.24 bits per heavy atom. The van der Waals surface area contributed by atoms with Crippen LogP contribution < -0.4 is 5.32 Å². The molecule has 6 heteroatoms. The van der Waals surface area contributed by atoms with Gasteiger partial charge in [-0.2, -0.15) is 0 Å². The van der Waals surface area contributed by atoms with Crippen molar-refractivity contribution in [2.75, 3.05) is 18.8 Å². The van der Waals surface area contributed by atoms with Crippen molar-refractivity contribution in [3.63, 3.8) is 0 Å². The van der Waals surface area contributed by atoms with Gasteiger partial charge < -0.3 is 10.2 Å². The maximum absolute atomic E-state index is 11.8. The lowest BCUT2D eigenvalue weighted by Gasteiger charge is -2.19. The second-order valence-electron chi connectivity index (χ2n) is 4.41. The molecule has 0 aliphatic carbocycles. The van der Waals surface area contributed by atoms with E-state index in [1.165, 1.54) is 11.8 Å². The van der Waals surface area contributed by atoms with E-state index in [2.05, 4.69) is 10.3 Å². The minimum Gasteiger partial charge on any atom is -0.342 e. The van der Waals surface area contributed by atoms with Crippen LogP contribution in [0.25, 0.3) is 0 Å². The lowest BCUT2D eigenvalue weighted by atomic mass is 10.2. The van der Waals surface area contributed by atoms with E-state index in [-0.39, 0.29) is 17.9 Å². The smallest absolute Gasteiger partial charge is 0.233 e. The molecule has 0 unspecified atom stereocenters. The van der Waals surface area contributed by atoms with Crippen LogP contribution in [0.5, 0.6) is 0 Å². The second-order valence-corrected chi connectivity index (χ2v) is 5.38. The molecule has 0 aromatic carbocycles. The average Bonchev–Trinajstić information content (AvgIpc) is 2.78. The summed E-state index contributed by atoms with van der Waals surface area (Å²) in [5, 5.41) is 3.28. The topological polar surface area (TPSA) is 61.8 Å². The molecule has 2 rings (SSSR count). The molecule has 2 aliphatic heterocycles. The third-order valence-electron chi connectivity index (χ3n) is 2.86. The van der Waals surface area contributed by atoms with Crippen molar-refractivity contribution < 1.29 is 9.59 Å². The number of carbonyl (C=O) groups excluding carboxylic acids is 2. The van der Waals surface area contributed by atoms with Crippen molar-refractivity contribution in [2.24, 2.45) is 4.99 Å². The van der Waals surface area contributed by atoms with Crippen LogP contribution in [0.4, 0.5) is 0 Å². The van der Waals surface area contributed by atoms with Gasteiger partial charge in [-0.25, -0.2) is 0 Å². The Kier molecular flexibility index (Phi) is 4.04. The van der Waals surface area contributed by atoms with Crippen molar-refractivity contribution in [2.45, 2.75) is 32.2 Å². The Balaban J connectivity index is 1.81. The Morgan fingerprint density at radius 1 is 1.53 bits per heavy atom. The fourth-order valence-corrected chi connectivity index (χ4v) is 2.86. The number of carbonyl (C=O) groups is 2. The van der Waals surface area contributed by atoms with E-state index in [9.17, 15) is 9.59 Å². The van der Waals surface area contributed by atoms with E-state index in [0.717, 1.165) is 25.9 Å². The van der Waals surface area contributed by atoms with E-state index in [4.69, 9.17) is 0 Å². The Labute approximate surface area is 105 Å². The average molecular weight is 255 g/mol. The van der Waals surface area contributed by atoms with Crippen LogP contribution in [0.15, 0.2) is 4.99 Å². The van der Waals surface area contributed by atoms with Crippen LogP contribution in [0.1, 0.15) is 26.2 Å². The molecule has 1 N–H and O–H groups in total. The number of amides is 2. The van der Waals surface area contributed by atoms with Crippen molar-refractivity contribution in [3.05, 3.63) is 0 Å². The van der Waals surface area contributed by atoms with Crippen LogP contribution in [0, 0.1) is 0 Å². The molecule has 17 heavy (non-hydrogen) atoms. The number of hydrogen-bond acceptors (Lipinski definition) is 4. The van der Waals surface area contributed by atoms with E-state index in [0.29, 0.717) is 17.3 Å². The zero-order valence-electron chi connectivity index (χ0n) is 9.94. The quantitative estimate of drug-likeness (QED) is 0.786. The Bertz CT molecular complexity index is 351. The number of amidine groups is 1. The molecule has 1 atom stereocenters. The summed E-state index contributed by atoms with van der Waals surface area (Å²) in [6.07, 6.45) is 2.64. The first kappa shape index (κ1) is 12.4. The highest BCUT2D eigenvalue weighted by molar-refractivity contribution is 8.14. The molecular formula is C11H17N3O2S. The summed E-state index contributed by atoms with van der Waals surface area (Å²) in [6.45, 7) is 3.64. The normalized spacial score (nSPS) is 24.5. The summed E-state index contributed by atoms with van der Waals surface area (Å²) in [5.41, 5.74) is 0. The van der Waals surface area contributed by atoms with Gasteiger partial charge >= 0.3 is 0 Å². The van der Waals surface area contributed by atoms with Crippen LogP contribution >= 0.6 is 11.8 Å². The molecule has 0 saturated carbocycles. The van der Waals surface area contributed by atoms with Crippen LogP contribution in [0.2, 0.25) is 0 Å². The molecule has 0 bridgehead atoms. The first-order valence-corrected chi connectivity index (χ1v) is 6.92. The molecule has 2 heterocycles. The molecule has 94 valence electrons. The number of hydrogen-bond donors (Lipinski definition) is 1. The van der Waals surface area contributed by atoms with Crippen LogP contribution in [0.3, 0.4) is 0 Å². The fourth-order valence-electron chi connectivity index (χ4n) is 1.98. The zero-order chi connectivity index (χ0) is 12.3. The molecule has 2 aliphatic rings. The number of nitrogens with zero attached hydrogens (tertiary/aromatic N) is 2. The fraction of sp³-hybridized carbons (Fsp3) is 0.727. The lowest BCUT2D eigenvalue weighted by Crippen LogP contribution is -2.37. The molecule has 2 amide bonds. The molecule has 0 radical (unpaired) electrons. The predicted molar refractivity (Wildman–Crippen MR) is 67.9 cm³/mol. The number of likely N-dealkylation sites (tertiary alicyclic amines) is 1. The summed E-state index contributed by atoms with van der Waals surface area (Å²) in [7, 11) is 0. The highest BCUT2D eigenvalue weighted by Gasteiger charge is 2.21. The van der Waals surface area contributed by atoms with Gasteiger partial charge in [-0.1, -0.05) is 11.8 Å². The standard InChI is InChI=1S/C11H17N3O2S/c1-8-6-9(15)13-11(12-8)17-7-10(16)14-4-2-3-5-14/h8H,2-7H2,1H3,(H,12,13,15)/t8-/m0/s1. The third kappa shape index (κ3) is 3.46. The lowest BCUT2D eigenvalue weighted by molar-refractivity contribution is -0.127. The number of nitrogens with one attached hydrogen (secondary N) is 1. The van der Waals surface area contributed by atoms with E-state index >= 15 is 0 Å². The molecule has 0 aromatic rings. The molecule has 0 spiro atoms. The summed E-state index contributed by atoms with van der Waals surface area (Å²) < 4.78 is 0. The minimum absolute atomic E-state index is 0.0105.